The monoisotopic (exact) mass is 294 g/mol. The van der Waals surface area contributed by atoms with Crippen LogP contribution in [0.1, 0.15) is 85.0 Å². The number of likely N-dealkylation sites (N-methyl/N-ethyl adjacent to an activating group) is 1. The molecule has 0 aliphatic heterocycles. The van der Waals surface area contributed by atoms with E-state index in [4.69, 9.17) is 5.73 Å². The highest BCUT2D eigenvalue weighted by atomic mass is 15.2. The Kier molecular flexibility index (Phi) is 6.55. The highest BCUT2D eigenvalue weighted by Crippen LogP contribution is 2.41. The van der Waals surface area contributed by atoms with Crippen LogP contribution in [0.2, 0.25) is 0 Å². The van der Waals surface area contributed by atoms with Gasteiger partial charge < -0.3 is 5.73 Å². The molecule has 0 aromatic carbocycles. The molecular formula is C19H38N2. The van der Waals surface area contributed by atoms with Gasteiger partial charge in [0.25, 0.3) is 0 Å². The summed E-state index contributed by atoms with van der Waals surface area (Å²) >= 11 is 0. The molecule has 0 saturated heterocycles. The minimum Gasteiger partial charge on any atom is -0.329 e. The van der Waals surface area contributed by atoms with Crippen LogP contribution in [0.15, 0.2) is 0 Å². The third-order valence-electron chi connectivity index (χ3n) is 6.07. The van der Waals surface area contributed by atoms with Crippen LogP contribution in [0.25, 0.3) is 0 Å². The van der Waals surface area contributed by atoms with E-state index < -0.39 is 0 Å². The van der Waals surface area contributed by atoms with Crippen LogP contribution in [0, 0.1) is 11.8 Å². The molecule has 0 aromatic rings. The Labute approximate surface area is 132 Å². The molecule has 2 nitrogen and oxygen atoms in total. The maximum atomic E-state index is 6.37. The van der Waals surface area contributed by atoms with Crippen LogP contribution >= 0.6 is 0 Å². The van der Waals surface area contributed by atoms with Crippen molar-refractivity contribution in [1.29, 1.82) is 0 Å². The predicted molar refractivity (Wildman–Crippen MR) is 92.5 cm³/mol. The Morgan fingerprint density at radius 1 is 1.10 bits per heavy atom. The van der Waals surface area contributed by atoms with Gasteiger partial charge in [-0.25, -0.2) is 0 Å². The fourth-order valence-electron chi connectivity index (χ4n) is 5.27. The molecule has 2 heteroatoms. The van der Waals surface area contributed by atoms with Crippen molar-refractivity contribution in [3.8, 4) is 0 Å². The molecule has 2 saturated carbocycles. The third-order valence-corrected chi connectivity index (χ3v) is 6.07. The molecule has 124 valence electrons. The molecule has 0 amide bonds. The van der Waals surface area contributed by atoms with Gasteiger partial charge in [0.2, 0.25) is 0 Å². The van der Waals surface area contributed by atoms with Crippen molar-refractivity contribution in [2.75, 3.05) is 13.1 Å². The van der Waals surface area contributed by atoms with E-state index in [1.165, 1.54) is 70.8 Å². The number of nitrogens with zero attached hydrogens (tertiary/aromatic N) is 1. The second-order valence-electron chi connectivity index (χ2n) is 8.10. The number of nitrogens with two attached hydrogens (primary N) is 1. The average molecular weight is 295 g/mol. The summed E-state index contributed by atoms with van der Waals surface area (Å²) in [6, 6.07) is 0.810. The van der Waals surface area contributed by atoms with E-state index in [9.17, 15) is 0 Å². The smallest absolute Gasteiger partial charge is 0.0337 e. The quantitative estimate of drug-likeness (QED) is 0.777. The van der Waals surface area contributed by atoms with Gasteiger partial charge in [0.1, 0.15) is 0 Å². The minimum atomic E-state index is 0.314. The zero-order chi connectivity index (χ0) is 15.3. The summed E-state index contributed by atoms with van der Waals surface area (Å²) in [7, 11) is 0. The highest BCUT2D eigenvalue weighted by molar-refractivity contribution is 4.99. The van der Waals surface area contributed by atoms with Crippen molar-refractivity contribution in [1.82, 2.24) is 4.90 Å². The van der Waals surface area contributed by atoms with Crippen LogP contribution in [0.5, 0.6) is 0 Å². The Morgan fingerprint density at radius 3 is 2.38 bits per heavy atom. The topological polar surface area (TPSA) is 29.3 Å². The van der Waals surface area contributed by atoms with Gasteiger partial charge in [-0.1, -0.05) is 52.9 Å². The van der Waals surface area contributed by atoms with Gasteiger partial charge in [0.15, 0.2) is 0 Å². The number of hydrogen-bond acceptors (Lipinski definition) is 2. The van der Waals surface area contributed by atoms with Crippen LogP contribution in [-0.2, 0) is 0 Å². The first-order valence-electron chi connectivity index (χ1n) is 9.58. The molecule has 2 aliphatic rings. The van der Waals surface area contributed by atoms with Gasteiger partial charge >= 0.3 is 0 Å². The minimum absolute atomic E-state index is 0.314. The maximum Gasteiger partial charge on any atom is 0.0337 e. The highest BCUT2D eigenvalue weighted by Gasteiger charge is 2.42. The SMILES string of the molecule is CCN(C1CCCCC1)C1(CN)CCCC(CC(C)C)C1. The van der Waals surface area contributed by atoms with Crippen LogP contribution in [0.4, 0.5) is 0 Å². The molecule has 0 aromatic heterocycles. The van der Waals surface area contributed by atoms with Crippen molar-refractivity contribution in [2.45, 2.75) is 96.6 Å². The third kappa shape index (κ3) is 4.22. The number of hydrogen-bond donors (Lipinski definition) is 1. The Balaban J connectivity index is 2.09. The summed E-state index contributed by atoms with van der Waals surface area (Å²) in [5.41, 5.74) is 6.69. The fourth-order valence-corrected chi connectivity index (χ4v) is 5.27. The molecule has 2 rings (SSSR count). The fraction of sp³-hybridized carbons (Fsp3) is 1.00. The van der Waals surface area contributed by atoms with E-state index in [-0.39, 0.29) is 0 Å². The molecule has 21 heavy (non-hydrogen) atoms. The first-order chi connectivity index (χ1) is 10.1. The van der Waals surface area contributed by atoms with E-state index in [1.54, 1.807) is 0 Å². The summed E-state index contributed by atoms with van der Waals surface area (Å²) < 4.78 is 0. The normalized spacial score (nSPS) is 32.0. The molecule has 2 fully saturated rings. The van der Waals surface area contributed by atoms with Gasteiger partial charge in [-0.3, -0.25) is 4.90 Å². The van der Waals surface area contributed by atoms with Crippen LogP contribution in [0.3, 0.4) is 0 Å². The lowest BCUT2D eigenvalue weighted by atomic mass is 9.71. The molecule has 0 bridgehead atoms. The summed E-state index contributed by atoms with van der Waals surface area (Å²) in [6.07, 6.45) is 14.0. The molecule has 2 unspecified atom stereocenters. The van der Waals surface area contributed by atoms with Gasteiger partial charge in [-0.2, -0.15) is 0 Å². The average Bonchev–Trinajstić information content (AvgIpc) is 2.48. The Bertz CT molecular complexity index is 296. The van der Waals surface area contributed by atoms with Gasteiger partial charge in [0, 0.05) is 18.1 Å². The van der Waals surface area contributed by atoms with E-state index in [0.29, 0.717) is 5.54 Å². The largest absolute Gasteiger partial charge is 0.329 e. The van der Waals surface area contributed by atoms with Gasteiger partial charge in [-0.05, 0) is 50.5 Å². The van der Waals surface area contributed by atoms with Crippen molar-refractivity contribution in [2.24, 2.45) is 17.6 Å². The zero-order valence-corrected chi connectivity index (χ0v) is 14.7. The molecule has 0 heterocycles. The van der Waals surface area contributed by atoms with Crippen molar-refractivity contribution in [3.63, 3.8) is 0 Å². The van der Waals surface area contributed by atoms with E-state index in [0.717, 1.165) is 24.4 Å². The lowest BCUT2D eigenvalue weighted by Crippen LogP contribution is -2.60. The Hall–Kier alpha value is -0.0800. The molecular weight excluding hydrogens is 256 g/mol. The van der Waals surface area contributed by atoms with E-state index in [1.807, 2.05) is 0 Å². The van der Waals surface area contributed by atoms with Crippen LogP contribution < -0.4 is 5.73 Å². The standard InChI is InChI=1S/C19H38N2/c1-4-21(18-10-6-5-7-11-18)19(15-20)12-8-9-17(14-19)13-16(2)3/h16-18H,4-15,20H2,1-3H3. The second-order valence-corrected chi connectivity index (χ2v) is 8.10. The lowest BCUT2D eigenvalue weighted by molar-refractivity contribution is -0.00882. The Morgan fingerprint density at radius 2 is 1.81 bits per heavy atom. The number of rotatable bonds is 6. The molecule has 2 N–H and O–H groups in total. The van der Waals surface area contributed by atoms with Gasteiger partial charge in [-0.15, -0.1) is 0 Å². The molecule has 2 aliphatic carbocycles. The lowest BCUT2D eigenvalue weighted by Gasteiger charge is -2.52. The first kappa shape index (κ1) is 17.3. The second kappa shape index (κ2) is 7.97. The molecule has 2 atom stereocenters. The summed E-state index contributed by atoms with van der Waals surface area (Å²) in [5, 5.41) is 0. The van der Waals surface area contributed by atoms with Gasteiger partial charge in [0.05, 0.1) is 0 Å². The molecule has 0 radical (unpaired) electrons. The predicted octanol–water partition coefficient (Wildman–Crippen LogP) is 4.57. The summed E-state index contributed by atoms with van der Waals surface area (Å²) in [6.45, 7) is 9.16. The molecule has 0 spiro atoms. The van der Waals surface area contributed by atoms with Crippen molar-refractivity contribution in [3.05, 3.63) is 0 Å². The van der Waals surface area contributed by atoms with Crippen molar-refractivity contribution >= 4 is 0 Å². The van der Waals surface area contributed by atoms with E-state index >= 15 is 0 Å². The maximum absolute atomic E-state index is 6.37. The van der Waals surface area contributed by atoms with Crippen molar-refractivity contribution < 1.29 is 0 Å². The zero-order valence-electron chi connectivity index (χ0n) is 14.7. The summed E-state index contributed by atoms with van der Waals surface area (Å²) in [4.78, 5) is 2.85. The summed E-state index contributed by atoms with van der Waals surface area (Å²) in [5.74, 6) is 1.73. The van der Waals surface area contributed by atoms with E-state index in [2.05, 4.69) is 25.7 Å². The first-order valence-corrected chi connectivity index (χ1v) is 9.58. The van der Waals surface area contributed by atoms with Crippen LogP contribution in [-0.4, -0.2) is 29.6 Å².